The van der Waals surface area contributed by atoms with E-state index < -0.39 is 21.8 Å². The van der Waals surface area contributed by atoms with Gasteiger partial charge in [0.15, 0.2) is 11.5 Å². The summed E-state index contributed by atoms with van der Waals surface area (Å²) in [5, 5.41) is 2.64. The first-order valence-electron chi connectivity index (χ1n) is 8.59. The number of sulfonamides is 1. The highest BCUT2D eigenvalue weighted by atomic mass is 32.2. The molecule has 0 unspecified atom stereocenters. The van der Waals surface area contributed by atoms with Gasteiger partial charge in [-0.2, -0.15) is 0 Å². The van der Waals surface area contributed by atoms with E-state index in [4.69, 9.17) is 14.2 Å². The molecule has 1 aliphatic rings. The van der Waals surface area contributed by atoms with Gasteiger partial charge in [-0.25, -0.2) is 12.7 Å². The van der Waals surface area contributed by atoms with Crippen LogP contribution < -0.4 is 19.5 Å². The van der Waals surface area contributed by atoms with Crippen molar-refractivity contribution in [2.45, 2.75) is 11.3 Å². The van der Waals surface area contributed by atoms with Gasteiger partial charge in [0.05, 0.1) is 26.9 Å². The lowest BCUT2D eigenvalue weighted by Crippen LogP contribution is -2.33. The molecule has 0 spiro atoms. The van der Waals surface area contributed by atoms with E-state index >= 15 is 0 Å². The molecule has 2 amide bonds. The van der Waals surface area contributed by atoms with Crippen molar-refractivity contribution < 1.29 is 32.2 Å². The van der Waals surface area contributed by atoms with Crippen molar-refractivity contribution in [1.29, 1.82) is 0 Å². The number of carbonyl (C=O) groups is 2. The van der Waals surface area contributed by atoms with Crippen LogP contribution in [-0.4, -0.2) is 52.4 Å². The molecule has 1 heterocycles. The van der Waals surface area contributed by atoms with Gasteiger partial charge in [-0.1, -0.05) is 12.1 Å². The quantitative estimate of drug-likeness (QED) is 0.728. The molecule has 3 rings (SSSR count). The zero-order valence-corrected chi connectivity index (χ0v) is 16.9. The molecule has 10 heteroatoms. The van der Waals surface area contributed by atoms with Crippen molar-refractivity contribution in [3.63, 3.8) is 0 Å². The van der Waals surface area contributed by atoms with Crippen LogP contribution in [0.5, 0.6) is 17.2 Å². The van der Waals surface area contributed by atoms with E-state index in [-0.39, 0.29) is 23.4 Å². The van der Waals surface area contributed by atoms with Gasteiger partial charge in [0.2, 0.25) is 11.7 Å². The number of amides is 2. The summed E-state index contributed by atoms with van der Waals surface area (Å²) in [5.41, 5.74) is 0.487. The number of hydrogen-bond donors (Lipinski definition) is 1. The predicted molar refractivity (Wildman–Crippen MR) is 104 cm³/mol. The van der Waals surface area contributed by atoms with Crippen molar-refractivity contribution in [2.24, 2.45) is 0 Å². The third-order valence-corrected chi connectivity index (χ3v) is 6.24. The highest BCUT2D eigenvalue weighted by Crippen LogP contribution is 2.40. The van der Waals surface area contributed by atoms with Crippen LogP contribution in [-0.2, 0) is 14.8 Å². The third kappa shape index (κ3) is 3.70. The van der Waals surface area contributed by atoms with Gasteiger partial charge in [-0.3, -0.25) is 9.59 Å². The summed E-state index contributed by atoms with van der Waals surface area (Å²) in [6.45, 7) is -0.272. The molecular formula is C19H20N2O7S. The number of ether oxygens (including phenoxy) is 3. The van der Waals surface area contributed by atoms with E-state index in [0.717, 1.165) is 0 Å². The van der Waals surface area contributed by atoms with Gasteiger partial charge in [0.25, 0.3) is 15.9 Å². The van der Waals surface area contributed by atoms with Gasteiger partial charge in [-0.05, 0) is 12.1 Å². The van der Waals surface area contributed by atoms with Gasteiger partial charge in [0.1, 0.15) is 4.90 Å². The van der Waals surface area contributed by atoms with Crippen molar-refractivity contribution in [3.8, 4) is 17.2 Å². The number of methoxy groups -OCH3 is 3. The molecule has 0 bridgehead atoms. The van der Waals surface area contributed by atoms with Gasteiger partial charge in [-0.15, -0.1) is 0 Å². The number of benzene rings is 2. The molecule has 0 saturated heterocycles. The van der Waals surface area contributed by atoms with E-state index in [0.29, 0.717) is 27.2 Å². The minimum Gasteiger partial charge on any atom is -0.493 e. The lowest BCUT2D eigenvalue weighted by Gasteiger charge is -2.16. The summed E-state index contributed by atoms with van der Waals surface area (Å²) < 4.78 is 41.5. The fourth-order valence-electron chi connectivity index (χ4n) is 3.03. The Morgan fingerprint density at radius 2 is 1.66 bits per heavy atom. The molecule has 9 nitrogen and oxygen atoms in total. The maximum Gasteiger partial charge on any atom is 0.269 e. The summed E-state index contributed by atoms with van der Waals surface area (Å²) in [5.74, 6) is -0.0243. The predicted octanol–water partition coefficient (Wildman–Crippen LogP) is 1.89. The zero-order valence-electron chi connectivity index (χ0n) is 16.1. The van der Waals surface area contributed by atoms with Crippen LogP contribution in [0, 0.1) is 0 Å². The average molecular weight is 420 g/mol. The number of nitrogens with zero attached hydrogens (tertiary/aromatic N) is 1. The standard InChI is InChI=1S/C19H20N2O7S/c1-26-14-10-12(11-15(27-2)18(14)28-3)20-17(22)8-9-21-19(23)13-6-4-5-7-16(13)29(21,24)25/h4-7,10-11H,8-9H2,1-3H3,(H,20,22). The largest absolute Gasteiger partial charge is 0.493 e. The lowest BCUT2D eigenvalue weighted by atomic mass is 10.2. The third-order valence-electron chi connectivity index (χ3n) is 4.40. The Morgan fingerprint density at radius 3 is 2.21 bits per heavy atom. The molecule has 0 saturated carbocycles. The molecular weight excluding hydrogens is 400 g/mol. The number of anilines is 1. The number of fused-ring (bicyclic) bond motifs is 1. The smallest absolute Gasteiger partial charge is 0.269 e. The molecule has 1 N–H and O–H groups in total. The Balaban J connectivity index is 1.72. The first-order chi connectivity index (χ1) is 13.8. The van der Waals surface area contributed by atoms with Crippen LogP contribution in [0.4, 0.5) is 5.69 Å². The van der Waals surface area contributed by atoms with Gasteiger partial charge < -0.3 is 19.5 Å². The van der Waals surface area contributed by atoms with Crippen LogP contribution >= 0.6 is 0 Å². The minimum absolute atomic E-state index is 0.0463. The molecule has 0 radical (unpaired) electrons. The fraction of sp³-hybridized carbons (Fsp3) is 0.263. The Labute approximate surface area is 168 Å². The number of rotatable bonds is 7. The van der Waals surface area contributed by atoms with Crippen LogP contribution in [0.25, 0.3) is 0 Å². The number of carbonyl (C=O) groups excluding carboxylic acids is 2. The van der Waals surface area contributed by atoms with Crippen molar-refractivity contribution in [2.75, 3.05) is 33.2 Å². The first kappa shape index (κ1) is 20.5. The van der Waals surface area contributed by atoms with E-state index in [9.17, 15) is 18.0 Å². The zero-order chi connectivity index (χ0) is 21.2. The van der Waals surface area contributed by atoms with Crippen LogP contribution in [0.15, 0.2) is 41.3 Å². The summed E-state index contributed by atoms with van der Waals surface area (Å²) in [6, 6.07) is 9.06. The molecule has 1 aliphatic heterocycles. The van der Waals surface area contributed by atoms with Crippen molar-refractivity contribution in [3.05, 3.63) is 42.0 Å². The molecule has 154 valence electrons. The van der Waals surface area contributed by atoms with Crippen LogP contribution in [0.3, 0.4) is 0 Å². The molecule has 0 aliphatic carbocycles. The second-order valence-electron chi connectivity index (χ2n) is 6.09. The Hall–Kier alpha value is -3.27. The number of hydrogen-bond acceptors (Lipinski definition) is 7. The number of nitrogens with one attached hydrogen (secondary N) is 1. The Bertz CT molecular complexity index is 1040. The molecule has 0 aromatic heterocycles. The fourth-order valence-corrected chi connectivity index (χ4v) is 4.60. The molecule has 2 aromatic carbocycles. The van der Waals surface area contributed by atoms with E-state index in [1.54, 1.807) is 24.3 Å². The Morgan fingerprint density at radius 1 is 1.03 bits per heavy atom. The normalized spacial score (nSPS) is 14.3. The highest BCUT2D eigenvalue weighted by molar-refractivity contribution is 7.90. The minimum atomic E-state index is -3.95. The first-order valence-corrected chi connectivity index (χ1v) is 10.0. The maximum atomic E-state index is 12.5. The maximum absolute atomic E-state index is 12.5. The SMILES string of the molecule is COc1cc(NC(=O)CCN2C(=O)c3ccccc3S2(=O)=O)cc(OC)c1OC. The molecule has 2 aromatic rings. The summed E-state index contributed by atoms with van der Waals surface area (Å²) in [7, 11) is 0.413. The summed E-state index contributed by atoms with van der Waals surface area (Å²) in [4.78, 5) is 24.7. The molecule has 0 atom stereocenters. The van der Waals surface area contributed by atoms with Crippen LogP contribution in [0.2, 0.25) is 0 Å². The average Bonchev–Trinajstić information content (AvgIpc) is 2.91. The lowest BCUT2D eigenvalue weighted by molar-refractivity contribution is -0.116. The van der Waals surface area contributed by atoms with Gasteiger partial charge >= 0.3 is 0 Å². The highest BCUT2D eigenvalue weighted by Gasteiger charge is 2.40. The Kier molecular flexibility index (Phi) is 5.64. The molecule has 29 heavy (non-hydrogen) atoms. The summed E-state index contributed by atoms with van der Waals surface area (Å²) >= 11 is 0. The van der Waals surface area contributed by atoms with Gasteiger partial charge in [0, 0.05) is 30.8 Å². The second-order valence-corrected chi connectivity index (χ2v) is 7.92. The topological polar surface area (TPSA) is 111 Å². The van der Waals surface area contributed by atoms with E-state index in [1.807, 2.05) is 0 Å². The monoisotopic (exact) mass is 420 g/mol. The summed E-state index contributed by atoms with van der Waals surface area (Å²) in [6.07, 6.45) is -0.213. The second kappa shape index (κ2) is 8.00. The van der Waals surface area contributed by atoms with Crippen molar-refractivity contribution in [1.82, 2.24) is 4.31 Å². The van der Waals surface area contributed by atoms with E-state index in [2.05, 4.69) is 5.32 Å². The van der Waals surface area contributed by atoms with Crippen molar-refractivity contribution >= 4 is 27.5 Å². The van der Waals surface area contributed by atoms with E-state index in [1.165, 1.54) is 33.5 Å². The van der Waals surface area contributed by atoms with Crippen LogP contribution in [0.1, 0.15) is 16.8 Å². The molecule has 0 fully saturated rings.